The largest absolute Gasteiger partial charge is 0.390 e. The third-order valence-electron chi connectivity index (χ3n) is 3.83. The van der Waals surface area contributed by atoms with Gasteiger partial charge in [0, 0.05) is 10.5 Å². The fraction of sp³-hybridized carbons (Fsp3) is 1.00. The van der Waals surface area contributed by atoms with Gasteiger partial charge in [0.2, 0.25) is 0 Å². The van der Waals surface area contributed by atoms with E-state index < -0.39 is 0 Å². The van der Waals surface area contributed by atoms with E-state index >= 15 is 0 Å². The van der Waals surface area contributed by atoms with Gasteiger partial charge in [0.05, 0.1) is 5.60 Å². The van der Waals surface area contributed by atoms with E-state index in [0.717, 1.165) is 35.7 Å². The Bertz CT molecular complexity index is 203. The molecule has 2 saturated heterocycles. The summed E-state index contributed by atoms with van der Waals surface area (Å²) in [6, 6.07) is 0. The van der Waals surface area contributed by atoms with Crippen LogP contribution in [0, 0.1) is 5.92 Å². The van der Waals surface area contributed by atoms with Crippen molar-refractivity contribution in [2.24, 2.45) is 5.92 Å². The van der Waals surface area contributed by atoms with Gasteiger partial charge in [0.25, 0.3) is 0 Å². The monoisotopic (exact) mass is 228 g/mol. The summed E-state index contributed by atoms with van der Waals surface area (Å²) in [5.41, 5.74) is -0.300. The molecule has 0 aliphatic carbocycles. The van der Waals surface area contributed by atoms with Gasteiger partial charge in [-0.15, -0.1) is 0 Å². The van der Waals surface area contributed by atoms with Gasteiger partial charge in [-0.3, -0.25) is 0 Å². The van der Waals surface area contributed by atoms with Crippen molar-refractivity contribution < 1.29 is 5.11 Å². The zero-order chi connectivity index (χ0) is 10.9. The molecular weight excluding hydrogens is 204 g/mol. The lowest BCUT2D eigenvalue weighted by Crippen LogP contribution is -2.37. The molecule has 2 rings (SSSR count). The quantitative estimate of drug-likeness (QED) is 0.793. The lowest BCUT2D eigenvalue weighted by Gasteiger charge is -2.36. The summed E-state index contributed by atoms with van der Waals surface area (Å²) >= 11 is 2.13. The molecule has 0 aromatic rings. The molecule has 2 atom stereocenters. The minimum atomic E-state index is -0.300. The molecule has 2 heteroatoms. The third-order valence-corrected chi connectivity index (χ3v) is 5.41. The van der Waals surface area contributed by atoms with Crippen LogP contribution in [0.25, 0.3) is 0 Å². The predicted octanol–water partition coefficient (Wildman–Crippen LogP) is 3.60. The summed E-state index contributed by atoms with van der Waals surface area (Å²) in [5, 5.41) is 12.1. The molecule has 0 radical (unpaired) electrons. The zero-order valence-electron chi connectivity index (χ0n) is 10.0. The molecule has 2 fully saturated rings. The predicted molar refractivity (Wildman–Crippen MR) is 67.3 cm³/mol. The van der Waals surface area contributed by atoms with Crippen LogP contribution in [0.4, 0.5) is 0 Å². The molecule has 2 bridgehead atoms. The summed E-state index contributed by atoms with van der Waals surface area (Å²) in [7, 11) is 0. The molecule has 0 aromatic carbocycles. The van der Waals surface area contributed by atoms with E-state index in [2.05, 4.69) is 25.6 Å². The SMILES string of the molecule is CC(C)CCCC1(O)CC2CCC(C1)S2. The van der Waals surface area contributed by atoms with Crippen molar-refractivity contribution in [3.8, 4) is 0 Å². The first-order valence-electron chi connectivity index (χ1n) is 6.45. The van der Waals surface area contributed by atoms with Crippen LogP contribution < -0.4 is 0 Å². The minimum absolute atomic E-state index is 0.300. The Morgan fingerprint density at radius 2 is 1.87 bits per heavy atom. The summed E-state index contributed by atoms with van der Waals surface area (Å²) in [5.74, 6) is 0.781. The van der Waals surface area contributed by atoms with Crippen LogP contribution in [-0.2, 0) is 0 Å². The van der Waals surface area contributed by atoms with E-state index in [0.29, 0.717) is 0 Å². The summed E-state index contributed by atoms with van der Waals surface area (Å²) in [6.45, 7) is 4.54. The molecule has 0 spiro atoms. The van der Waals surface area contributed by atoms with E-state index in [1.807, 2.05) is 0 Å². The molecule has 1 N–H and O–H groups in total. The Morgan fingerprint density at radius 3 is 2.40 bits per heavy atom. The van der Waals surface area contributed by atoms with E-state index in [-0.39, 0.29) is 5.60 Å². The van der Waals surface area contributed by atoms with E-state index in [1.54, 1.807) is 0 Å². The first kappa shape index (κ1) is 11.8. The van der Waals surface area contributed by atoms with Gasteiger partial charge in [-0.2, -0.15) is 11.8 Å². The van der Waals surface area contributed by atoms with Crippen molar-refractivity contribution in [2.45, 2.75) is 74.9 Å². The van der Waals surface area contributed by atoms with Gasteiger partial charge in [0.1, 0.15) is 0 Å². The van der Waals surface area contributed by atoms with Crippen molar-refractivity contribution in [3.05, 3.63) is 0 Å². The number of rotatable bonds is 4. The normalized spacial score (nSPS) is 40.0. The second kappa shape index (κ2) is 4.67. The van der Waals surface area contributed by atoms with Crippen LogP contribution in [0.3, 0.4) is 0 Å². The number of hydrogen-bond acceptors (Lipinski definition) is 2. The topological polar surface area (TPSA) is 20.2 Å². The first-order valence-corrected chi connectivity index (χ1v) is 7.39. The molecule has 88 valence electrons. The van der Waals surface area contributed by atoms with E-state index in [4.69, 9.17) is 0 Å². The Kier molecular flexibility index (Phi) is 3.67. The minimum Gasteiger partial charge on any atom is -0.390 e. The maximum atomic E-state index is 10.6. The first-order chi connectivity index (χ1) is 7.07. The van der Waals surface area contributed by atoms with Crippen molar-refractivity contribution >= 4 is 11.8 Å². The van der Waals surface area contributed by atoms with Crippen LogP contribution in [0.5, 0.6) is 0 Å². The highest BCUT2D eigenvalue weighted by atomic mass is 32.2. The summed E-state index contributed by atoms with van der Waals surface area (Å²) in [4.78, 5) is 0. The molecule has 2 unspecified atom stereocenters. The molecule has 2 heterocycles. The van der Waals surface area contributed by atoms with E-state index in [1.165, 1.54) is 25.7 Å². The van der Waals surface area contributed by atoms with Crippen molar-refractivity contribution in [1.82, 2.24) is 0 Å². The van der Waals surface area contributed by atoms with Crippen LogP contribution in [-0.4, -0.2) is 21.2 Å². The molecule has 0 saturated carbocycles. The number of thioether (sulfide) groups is 1. The Morgan fingerprint density at radius 1 is 1.27 bits per heavy atom. The van der Waals surface area contributed by atoms with Gasteiger partial charge in [-0.1, -0.05) is 26.7 Å². The summed E-state index contributed by atoms with van der Waals surface area (Å²) in [6.07, 6.45) is 8.34. The van der Waals surface area contributed by atoms with Crippen LogP contribution in [0.2, 0.25) is 0 Å². The highest BCUT2D eigenvalue weighted by Crippen LogP contribution is 2.48. The molecule has 0 amide bonds. The lowest BCUT2D eigenvalue weighted by atomic mass is 9.87. The van der Waals surface area contributed by atoms with Crippen LogP contribution in [0.15, 0.2) is 0 Å². The van der Waals surface area contributed by atoms with Crippen molar-refractivity contribution in [3.63, 3.8) is 0 Å². The summed E-state index contributed by atoms with van der Waals surface area (Å²) < 4.78 is 0. The maximum Gasteiger partial charge on any atom is 0.0668 e. The van der Waals surface area contributed by atoms with Gasteiger partial charge < -0.3 is 5.11 Å². The highest BCUT2D eigenvalue weighted by molar-refractivity contribution is 8.00. The molecule has 0 aromatic heterocycles. The van der Waals surface area contributed by atoms with Crippen molar-refractivity contribution in [1.29, 1.82) is 0 Å². The number of fused-ring (bicyclic) bond motifs is 2. The van der Waals surface area contributed by atoms with Crippen LogP contribution in [0.1, 0.15) is 58.8 Å². The van der Waals surface area contributed by atoms with Crippen molar-refractivity contribution in [2.75, 3.05) is 0 Å². The standard InChI is InChI=1S/C13H24OS/c1-10(2)4-3-7-13(14)8-11-5-6-12(9-13)15-11/h10-12,14H,3-9H2,1-2H3. The van der Waals surface area contributed by atoms with Gasteiger partial charge in [0.15, 0.2) is 0 Å². The lowest BCUT2D eigenvalue weighted by molar-refractivity contribution is 0.0124. The van der Waals surface area contributed by atoms with Gasteiger partial charge >= 0.3 is 0 Å². The average Bonchev–Trinajstić information content (AvgIpc) is 2.45. The number of aliphatic hydroxyl groups is 1. The fourth-order valence-corrected chi connectivity index (χ4v) is 4.96. The molecular formula is C13H24OS. The second-order valence-corrected chi connectivity index (χ2v) is 7.48. The molecule has 2 aliphatic rings. The smallest absolute Gasteiger partial charge is 0.0668 e. The zero-order valence-corrected chi connectivity index (χ0v) is 10.9. The van der Waals surface area contributed by atoms with Crippen LogP contribution >= 0.6 is 11.8 Å². The molecule has 15 heavy (non-hydrogen) atoms. The highest BCUT2D eigenvalue weighted by Gasteiger charge is 2.42. The molecule has 1 nitrogen and oxygen atoms in total. The van der Waals surface area contributed by atoms with Gasteiger partial charge in [-0.05, 0) is 38.0 Å². The van der Waals surface area contributed by atoms with E-state index in [9.17, 15) is 5.11 Å². The van der Waals surface area contributed by atoms with Gasteiger partial charge in [-0.25, -0.2) is 0 Å². The molecule has 2 aliphatic heterocycles. The Labute approximate surface area is 98.0 Å². The maximum absolute atomic E-state index is 10.6. The fourth-order valence-electron chi connectivity index (χ4n) is 3.05. The second-order valence-electron chi connectivity index (χ2n) is 5.88. The third kappa shape index (κ3) is 3.13. The average molecular weight is 228 g/mol. The Balaban J connectivity index is 1.80. The Hall–Kier alpha value is 0.310. The number of hydrogen-bond donors (Lipinski definition) is 1.